The number of carbonyl (C=O) groups excluding carboxylic acids is 1. The van der Waals surface area contributed by atoms with E-state index in [2.05, 4.69) is 9.72 Å². The zero-order valence-electron chi connectivity index (χ0n) is 9.13. The number of alkyl halides is 2. The van der Waals surface area contributed by atoms with Crippen molar-refractivity contribution in [3.8, 4) is 0 Å². The summed E-state index contributed by atoms with van der Waals surface area (Å²) in [5.74, 6) is -0.745. The lowest BCUT2D eigenvalue weighted by Gasteiger charge is -2.09. The van der Waals surface area contributed by atoms with E-state index in [4.69, 9.17) is 5.73 Å². The summed E-state index contributed by atoms with van der Waals surface area (Å²) in [5, 5.41) is 0. The number of hydrogen-bond donors (Lipinski definition) is 2. The maximum atomic E-state index is 12.7. The fourth-order valence-electron chi connectivity index (χ4n) is 1.39. The van der Waals surface area contributed by atoms with Crippen LogP contribution in [0.15, 0.2) is 11.0 Å². The lowest BCUT2D eigenvalue weighted by molar-refractivity contribution is -0.142. The molecule has 0 bridgehead atoms. The molecule has 5 nitrogen and oxygen atoms in total. The molecule has 0 amide bonds. The van der Waals surface area contributed by atoms with Crippen molar-refractivity contribution >= 4 is 11.7 Å². The maximum absolute atomic E-state index is 12.7. The van der Waals surface area contributed by atoms with Gasteiger partial charge in [-0.3, -0.25) is 9.59 Å². The number of H-pyrrole nitrogens is 1. The van der Waals surface area contributed by atoms with Gasteiger partial charge >= 0.3 is 5.97 Å². The summed E-state index contributed by atoms with van der Waals surface area (Å²) in [5.41, 5.74) is 3.37. The molecule has 0 fully saturated rings. The third kappa shape index (κ3) is 3.02. The van der Waals surface area contributed by atoms with Crippen LogP contribution in [0.4, 0.5) is 14.5 Å². The van der Waals surface area contributed by atoms with Crippen molar-refractivity contribution in [3.63, 3.8) is 0 Å². The molecule has 0 unspecified atom stereocenters. The predicted molar refractivity (Wildman–Crippen MR) is 56.8 cm³/mol. The molecule has 7 heteroatoms. The molecule has 3 N–H and O–H groups in total. The number of hydrogen-bond acceptors (Lipinski definition) is 4. The van der Waals surface area contributed by atoms with Crippen LogP contribution in [0.3, 0.4) is 0 Å². The van der Waals surface area contributed by atoms with E-state index in [9.17, 15) is 18.4 Å². The van der Waals surface area contributed by atoms with Gasteiger partial charge in [-0.15, -0.1) is 0 Å². The second kappa shape index (κ2) is 5.42. The van der Waals surface area contributed by atoms with Crippen LogP contribution in [0, 0.1) is 0 Å². The summed E-state index contributed by atoms with van der Waals surface area (Å²) in [4.78, 5) is 24.8. The average molecular weight is 246 g/mol. The van der Waals surface area contributed by atoms with Crippen molar-refractivity contribution in [2.24, 2.45) is 0 Å². The predicted octanol–water partition coefficient (Wildman–Crippen LogP) is 1.00. The molecular formula is C10H12F2N2O3. The van der Waals surface area contributed by atoms with Crippen molar-refractivity contribution in [2.75, 3.05) is 12.3 Å². The molecule has 0 radical (unpaired) electrons. The number of nitrogen functional groups attached to an aromatic ring is 1. The molecule has 0 spiro atoms. The molecule has 1 heterocycles. The largest absolute Gasteiger partial charge is 0.466 e. The molecule has 1 aromatic heterocycles. The van der Waals surface area contributed by atoms with E-state index in [1.54, 1.807) is 6.92 Å². The summed E-state index contributed by atoms with van der Waals surface area (Å²) in [6, 6.07) is 0. The lowest BCUT2D eigenvalue weighted by Crippen LogP contribution is -2.21. The smallest absolute Gasteiger partial charge is 0.310 e. The van der Waals surface area contributed by atoms with Crippen LogP contribution in [0.2, 0.25) is 0 Å². The first-order valence-electron chi connectivity index (χ1n) is 4.91. The van der Waals surface area contributed by atoms with Gasteiger partial charge in [-0.1, -0.05) is 0 Å². The van der Waals surface area contributed by atoms with Crippen LogP contribution in [-0.4, -0.2) is 17.6 Å². The van der Waals surface area contributed by atoms with Crippen molar-refractivity contribution in [1.82, 2.24) is 4.98 Å². The van der Waals surface area contributed by atoms with Gasteiger partial charge in [0.1, 0.15) is 0 Å². The third-order valence-electron chi connectivity index (χ3n) is 2.11. The number of carbonyl (C=O) groups is 1. The summed E-state index contributed by atoms with van der Waals surface area (Å²) in [6.45, 7) is 1.69. The number of nitrogens with one attached hydrogen (secondary N) is 1. The van der Waals surface area contributed by atoms with Gasteiger partial charge in [-0.25, -0.2) is 8.78 Å². The molecule has 1 aromatic rings. The van der Waals surface area contributed by atoms with Gasteiger partial charge in [0.25, 0.3) is 12.0 Å². The van der Waals surface area contributed by atoms with Gasteiger partial charge in [0.15, 0.2) is 0 Å². The first-order chi connectivity index (χ1) is 7.97. The molecule has 0 aliphatic rings. The van der Waals surface area contributed by atoms with Gasteiger partial charge in [0.2, 0.25) is 0 Å². The fraction of sp³-hybridized carbons (Fsp3) is 0.400. The van der Waals surface area contributed by atoms with Crippen molar-refractivity contribution in [3.05, 3.63) is 27.7 Å². The Bertz CT molecular complexity index is 471. The Morgan fingerprint density at radius 3 is 2.76 bits per heavy atom. The summed E-state index contributed by atoms with van der Waals surface area (Å²) < 4.78 is 30.0. The Morgan fingerprint density at radius 2 is 2.24 bits per heavy atom. The zero-order valence-corrected chi connectivity index (χ0v) is 9.13. The average Bonchev–Trinajstić information content (AvgIpc) is 2.23. The van der Waals surface area contributed by atoms with Gasteiger partial charge in [-0.2, -0.15) is 0 Å². The first kappa shape index (κ1) is 13.1. The molecule has 0 aliphatic carbocycles. The van der Waals surface area contributed by atoms with Gasteiger partial charge in [0.05, 0.1) is 24.3 Å². The van der Waals surface area contributed by atoms with Crippen LogP contribution in [0.5, 0.6) is 0 Å². The Morgan fingerprint density at radius 1 is 1.59 bits per heavy atom. The van der Waals surface area contributed by atoms with Crippen molar-refractivity contribution in [1.29, 1.82) is 0 Å². The molecule has 0 aliphatic heterocycles. The highest BCUT2D eigenvalue weighted by atomic mass is 19.3. The number of anilines is 1. The summed E-state index contributed by atoms with van der Waals surface area (Å²) in [7, 11) is 0. The van der Waals surface area contributed by atoms with Crippen LogP contribution >= 0.6 is 0 Å². The minimum atomic E-state index is -2.92. The summed E-state index contributed by atoms with van der Waals surface area (Å²) in [6.07, 6.45) is -2.45. The minimum absolute atomic E-state index is 0.114. The molecule has 0 aromatic carbocycles. The number of esters is 1. The second-order valence-corrected chi connectivity index (χ2v) is 3.25. The quantitative estimate of drug-likeness (QED) is 0.776. The normalized spacial score (nSPS) is 10.6. The third-order valence-corrected chi connectivity index (χ3v) is 2.11. The Hall–Kier alpha value is -1.92. The van der Waals surface area contributed by atoms with Crippen LogP contribution in [-0.2, 0) is 16.0 Å². The van der Waals surface area contributed by atoms with E-state index in [1.165, 1.54) is 0 Å². The van der Waals surface area contributed by atoms with Crippen LogP contribution in [0.25, 0.3) is 0 Å². The molecule has 17 heavy (non-hydrogen) atoms. The molecular weight excluding hydrogens is 234 g/mol. The van der Waals surface area contributed by atoms with Gasteiger partial charge in [-0.05, 0) is 6.92 Å². The SMILES string of the molecule is CCOC(=O)Cc1c(C(F)F)c(N)c[nH]c1=O. The second-order valence-electron chi connectivity index (χ2n) is 3.25. The maximum Gasteiger partial charge on any atom is 0.310 e. The Labute approximate surface area is 95.6 Å². The highest BCUT2D eigenvalue weighted by Crippen LogP contribution is 2.26. The Kier molecular flexibility index (Phi) is 4.19. The molecule has 94 valence electrons. The van der Waals surface area contributed by atoms with E-state index in [0.717, 1.165) is 6.20 Å². The number of nitrogens with two attached hydrogens (primary N) is 1. The number of aromatic nitrogens is 1. The van der Waals surface area contributed by atoms with E-state index >= 15 is 0 Å². The first-order valence-corrected chi connectivity index (χ1v) is 4.91. The van der Waals surface area contributed by atoms with Gasteiger partial charge in [0, 0.05) is 11.8 Å². The van der Waals surface area contributed by atoms with E-state index < -0.39 is 29.9 Å². The number of halogens is 2. The minimum Gasteiger partial charge on any atom is -0.466 e. The van der Waals surface area contributed by atoms with Crippen molar-refractivity contribution in [2.45, 2.75) is 19.8 Å². The number of pyridine rings is 1. The monoisotopic (exact) mass is 246 g/mol. The lowest BCUT2D eigenvalue weighted by atomic mass is 10.1. The molecule has 1 rings (SSSR count). The van der Waals surface area contributed by atoms with E-state index in [1.807, 2.05) is 0 Å². The van der Waals surface area contributed by atoms with E-state index in [0.29, 0.717) is 0 Å². The molecule has 0 saturated carbocycles. The molecule has 0 atom stereocenters. The highest BCUT2D eigenvalue weighted by Gasteiger charge is 2.21. The van der Waals surface area contributed by atoms with Gasteiger partial charge < -0.3 is 15.5 Å². The number of rotatable bonds is 4. The molecule has 0 saturated heterocycles. The standard InChI is InChI=1S/C10H12F2N2O3/c1-2-17-7(15)3-5-8(9(11)12)6(13)4-14-10(5)16/h4,9H,2-3,13H2,1H3,(H,14,16). The summed E-state index contributed by atoms with van der Waals surface area (Å²) >= 11 is 0. The number of aromatic amines is 1. The topological polar surface area (TPSA) is 85.2 Å². The van der Waals surface area contributed by atoms with Crippen LogP contribution in [0.1, 0.15) is 24.5 Å². The zero-order chi connectivity index (χ0) is 13.0. The Balaban J connectivity index is 3.17. The van der Waals surface area contributed by atoms with Crippen molar-refractivity contribution < 1.29 is 18.3 Å². The van der Waals surface area contributed by atoms with E-state index in [-0.39, 0.29) is 17.9 Å². The van der Waals surface area contributed by atoms with Crippen LogP contribution < -0.4 is 11.3 Å². The fourth-order valence-corrected chi connectivity index (χ4v) is 1.39. The highest BCUT2D eigenvalue weighted by molar-refractivity contribution is 5.73. The number of ether oxygens (including phenoxy) is 1.